The fraction of sp³-hybridized carbons (Fsp3) is 0.400. The number of quaternary nitrogens is 1. The zero-order valence-corrected chi connectivity index (χ0v) is 17.4. The molecule has 2 amide bonds. The minimum Gasteiger partial charge on any atom is -0.365 e. The first kappa shape index (κ1) is 19.9. The number of thioether (sulfide) groups is 1. The molecule has 1 aromatic carbocycles. The van der Waals surface area contributed by atoms with Gasteiger partial charge in [-0.15, -0.1) is 23.1 Å². The molecule has 3 rings (SSSR count). The molecule has 5 nitrogen and oxygen atoms in total. The standard InChI is InChI=1S/C20H25N3O2S2/c1-3-10-23-11-9-13-16(12-23)27-20(17(13)18(21)24)22-19(25)14-7-5-6-8-15(14)26-4-2/h5-8H,3-4,9-12H2,1-2H3,(H2,21,24)(H,22,25)/p+1. The molecule has 1 aliphatic rings. The first-order chi connectivity index (χ1) is 13.0. The summed E-state index contributed by atoms with van der Waals surface area (Å²) in [5.74, 6) is 0.239. The van der Waals surface area contributed by atoms with Gasteiger partial charge in [0.2, 0.25) is 0 Å². The van der Waals surface area contributed by atoms with Crippen LogP contribution in [0.15, 0.2) is 29.2 Å². The number of carbonyl (C=O) groups is 2. The van der Waals surface area contributed by atoms with Gasteiger partial charge in [0.1, 0.15) is 11.5 Å². The third kappa shape index (κ3) is 4.36. The fourth-order valence-corrected chi connectivity index (χ4v) is 5.68. The van der Waals surface area contributed by atoms with E-state index in [9.17, 15) is 9.59 Å². The third-order valence-corrected chi connectivity index (χ3v) is 6.84. The molecule has 0 fully saturated rings. The Morgan fingerprint density at radius 1 is 1.30 bits per heavy atom. The van der Waals surface area contributed by atoms with Crippen molar-refractivity contribution >= 4 is 39.9 Å². The van der Waals surface area contributed by atoms with E-state index in [1.807, 2.05) is 24.3 Å². The molecule has 4 N–H and O–H groups in total. The normalized spacial score (nSPS) is 16.0. The highest BCUT2D eigenvalue weighted by Gasteiger charge is 2.29. The van der Waals surface area contributed by atoms with Crippen LogP contribution in [0.25, 0.3) is 0 Å². The summed E-state index contributed by atoms with van der Waals surface area (Å²) in [6, 6.07) is 7.55. The van der Waals surface area contributed by atoms with Gasteiger partial charge in [-0.2, -0.15) is 0 Å². The van der Waals surface area contributed by atoms with Crippen molar-refractivity contribution < 1.29 is 14.5 Å². The highest BCUT2D eigenvalue weighted by Crippen LogP contribution is 2.35. The number of nitrogens with one attached hydrogen (secondary N) is 2. The molecule has 2 aromatic rings. The van der Waals surface area contributed by atoms with Crippen LogP contribution in [-0.2, 0) is 13.0 Å². The van der Waals surface area contributed by atoms with Crippen molar-refractivity contribution in [2.45, 2.75) is 38.1 Å². The van der Waals surface area contributed by atoms with Gasteiger partial charge < -0.3 is 16.0 Å². The molecule has 0 bridgehead atoms. The van der Waals surface area contributed by atoms with E-state index >= 15 is 0 Å². The van der Waals surface area contributed by atoms with Crippen molar-refractivity contribution in [2.24, 2.45) is 5.73 Å². The van der Waals surface area contributed by atoms with Gasteiger partial charge in [-0.25, -0.2) is 0 Å². The van der Waals surface area contributed by atoms with Crippen LogP contribution in [0.4, 0.5) is 5.00 Å². The van der Waals surface area contributed by atoms with Crippen LogP contribution < -0.4 is 16.0 Å². The summed E-state index contributed by atoms with van der Waals surface area (Å²) in [7, 11) is 0. The molecule has 1 unspecified atom stereocenters. The molecule has 27 heavy (non-hydrogen) atoms. The molecule has 1 aliphatic heterocycles. The average molecular weight is 405 g/mol. The minimum absolute atomic E-state index is 0.189. The van der Waals surface area contributed by atoms with Crippen molar-refractivity contribution in [3.05, 3.63) is 45.8 Å². The largest absolute Gasteiger partial charge is 0.365 e. The molecule has 0 radical (unpaired) electrons. The van der Waals surface area contributed by atoms with E-state index < -0.39 is 5.91 Å². The molecule has 2 heterocycles. The third-order valence-electron chi connectivity index (χ3n) is 4.74. The highest BCUT2D eigenvalue weighted by molar-refractivity contribution is 7.99. The quantitative estimate of drug-likeness (QED) is 0.621. The molecule has 7 heteroatoms. The second kappa shape index (κ2) is 8.91. The first-order valence-electron chi connectivity index (χ1n) is 9.36. The lowest BCUT2D eigenvalue weighted by atomic mass is 10.0. The zero-order chi connectivity index (χ0) is 19.4. The number of hydrogen-bond acceptors (Lipinski definition) is 4. The Bertz CT molecular complexity index is 848. The SMILES string of the molecule is CCC[NH+]1CCc2c(sc(NC(=O)c3ccccc3SCC)c2C(N)=O)C1. The lowest BCUT2D eigenvalue weighted by molar-refractivity contribution is -0.915. The van der Waals surface area contributed by atoms with Gasteiger partial charge in [0.15, 0.2) is 0 Å². The Morgan fingerprint density at radius 3 is 2.78 bits per heavy atom. The molecular weight excluding hydrogens is 378 g/mol. The van der Waals surface area contributed by atoms with Gasteiger partial charge in [-0.05, 0) is 29.9 Å². The van der Waals surface area contributed by atoms with Crippen LogP contribution in [0, 0.1) is 0 Å². The van der Waals surface area contributed by atoms with E-state index in [0.717, 1.165) is 48.7 Å². The Labute approximate surface area is 168 Å². The number of hydrogen-bond donors (Lipinski definition) is 3. The number of anilines is 1. The maximum absolute atomic E-state index is 12.9. The van der Waals surface area contributed by atoms with Gasteiger partial charge in [-0.3, -0.25) is 9.59 Å². The summed E-state index contributed by atoms with van der Waals surface area (Å²) in [6.45, 7) is 7.26. The van der Waals surface area contributed by atoms with Gasteiger partial charge in [0.25, 0.3) is 11.8 Å². The molecule has 1 aromatic heterocycles. The minimum atomic E-state index is -0.460. The lowest BCUT2D eigenvalue weighted by Crippen LogP contribution is -3.11. The number of benzene rings is 1. The van der Waals surface area contributed by atoms with Gasteiger partial charge in [0, 0.05) is 11.3 Å². The fourth-order valence-electron chi connectivity index (χ4n) is 3.56. The zero-order valence-electron chi connectivity index (χ0n) is 15.8. The Balaban J connectivity index is 1.89. The predicted octanol–water partition coefficient (Wildman–Crippen LogP) is 2.56. The Kier molecular flexibility index (Phi) is 6.57. The number of fused-ring (bicyclic) bond motifs is 1. The second-order valence-electron chi connectivity index (χ2n) is 6.63. The van der Waals surface area contributed by atoms with Crippen LogP contribution >= 0.6 is 23.1 Å². The molecule has 0 spiro atoms. The Hall–Kier alpha value is -1.83. The number of primary amides is 1. The van der Waals surface area contributed by atoms with Crippen LogP contribution in [0.1, 0.15) is 51.4 Å². The maximum atomic E-state index is 12.9. The second-order valence-corrected chi connectivity index (χ2v) is 9.04. The molecule has 0 aliphatic carbocycles. The number of thiophene rings is 1. The topological polar surface area (TPSA) is 76.6 Å². The van der Waals surface area contributed by atoms with E-state index in [1.165, 1.54) is 21.1 Å². The number of rotatable bonds is 7. The predicted molar refractivity (Wildman–Crippen MR) is 112 cm³/mol. The van der Waals surface area contributed by atoms with Crippen LogP contribution in [0.2, 0.25) is 0 Å². The monoisotopic (exact) mass is 404 g/mol. The van der Waals surface area contributed by atoms with Gasteiger partial charge in [-0.1, -0.05) is 26.0 Å². The summed E-state index contributed by atoms with van der Waals surface area (Å²) in [4.78, 5) is 28.6. The van der Waals surface area contributed by atoms with Crippen molar-refractivity contribution in [3.8, 4) is 0 Å². The van der Waals surface area contributed by atoms with E-state index in [1.54, 1.807) is 11.8 Å². The van der Waals surface area contributed by atoms with Crippen LogP contribution in [-0.4, -0.2) is 30.7 Å². The number of amides is 2. The van der Waals surface area contributed by atoms with E-state index in [4.69, 9.17) is 5.73 Å². The van der Waals surface area contributed by atoms with Crippen molar-refractivity contribution in [1.82, 2.24) is 0 Å². The average Bonchev–Trinajstić information content (AvgIpc) is 3.00. The molecule has 0 saturated carbocycles. The van der Waals surface area contributed by atoms with E-state index in [0.29, 0.717) is 16.1 Å². The molecule has 0 saturated heterocycles. The summed E-state index contributed by atoms with van der Waals surface area (Å²) in [5, 5.41) is 3.56. The van der Waals surface area contributed by atoms with Crippen molar-refractivity contribution in [3.63, 3.8) is 0 Å². The summed E-state index contributed by atoms with van der Waals surface area (Å²) in [5.41, 5.74) is 7.83. The first-order valence-corrected chi connectivity index (χ1v) is 11.2. The van der Waals surface area contributed by atoms with Gasteiger partial charge in [0.05, 0.1) is 29.1 Å². The maximum Gasteiger partial charge on any atom is 0.257 e. The molecular formula is C20H26N3O2S2+. The van der Waals surface area contributed by atoms with Crippen LogP contribution in [0.5, 0.6) is 0 Å². The molecule has 144 valence electrons. The summed E-state index contributed by atoms with van der Waals surface area (Å²) in [6.07, 6.45) is 1.96. The van der Waals surface area contributed by atoms with Crippen LogP contribution in [0.3, 0.4) is 0 Å². The number of carbonyl (C=O) groups excluding carboxylic acids is 2. The summed E-state index contributed by atoms with van der Waals surface area (Å²) >= 11 is 3.13. The highest BCUT2D eigenvalue weighted by atomic mass is 32.2. The van der Waals surface area contributed by atoms with Crippen molar-refractivity contribution in [1.29, 1.82) is 0 Å². The van der Waals surface area contributed by atoms with E-state index in [-0.39, 0.29) is 5.91 Å². The van der Waals surface area contributed by atoms with Crippen molar-refractivity contribution in [2.75, 3.05) is 24.2 Å². The summed E-state index contributed by atoms with van der Waals surface area (Å²) < 4.78 is 0. The number of nitrogens with two attached hydrogens (primary N) is 1. The smallest absolute Gasteiger partial charge is 0.257 e. The van der Waals surface area contributed by atoms with Gasteiger partial charge >= 0.3 is 0 Å². The lowest BCUT2D eigenvalue weighted by Gasteiger charge is -2.23. The van der Waals surface area contributed by atoms with E-state index in [2.05, 4.69) is 19.2 Å². The Morgan fingerprint density at radius 2 is 2.07 bits per heavy atom. The molecule has 1 atom stereocenters.